The van der Waals surface area contributed by atoms with Gasteiger partial charge in [-0.2, -0.15) is 0 Å². The molecule has 1 aliphatic rings. The molecule has 0 spiro atoms. The molecule has 1 fully saturated rings. The summed E-state index contributed by atoms with van der Waals surface area (Å²) in [7, 11) is 0. The molecule has 1 N–H and O–H groups in total. The number of rotatable bonds is 4. The average Bonchev–Trinajstić information content (AvgIpc) is 2.88. The first-order chi connectivity index (χ1) is 7.08. The van der Waals surface area contributed by atoms with E-state index in [4.69, 9.17) is 5.11 Å². The summed E-state index contributed by atoms with van der Waals surface area (Å²) in [4.78, 5) is 15.1. The second-order valence-electron chi connectivity index (χ2n) is 4.43. The van der Waals surface area contributed by atoms with Crippen LogP contribution in [0.1, 0.15) is 50.2 Å². The first kappa shape index (κ1) is 10.2. The van der Waals surface area contributed by atoms with Crippen LogP contribution in [0.3, 0.4) is 0 Å². The molecule has 0 bridgehead atoms. The number of carbonyl (C=O) groups is 1. The van der Waals surface area contributed by atoms with Crippen molar-refractivity contribution in [2.24, 2.45) is 0 Å². The minimum Gasteiger partial charge on any atom is -0.481 e. The zero-order chi connectivity index (χ0) is 11.0. The van der Waals surface area contributed by atoms with E-state index in [2.05, 4.69) is 4.98 Å². The molecular weight excluding hydrogens is 192 g/mol. The van der Waals surface area contributed by atoms with Gasteiger partial charge in [-0.3, -0.25) is 4.79 Å². The van der Waals surface area contributed by atoms with E-state index in [-0.39, 0.29) is 12.5 Å². The number of hydrogen-bond donors (Lipinski definition) is 1. The molecule has 82 valence electrons. The standard InChI is InChI=1S/C11H16N2O2/c1-7(2)13-6-9(8-3-4-8)12-10(13)5-11(14)15/h6-8H,3-5H2,1-2H3,(H,14,15). The third-order valence-electron chi connectivity index (χ3n) is 2.69. The lowest BCUT2D eigenvalue weighted by Gasteiger charge is -2.09. The molecule has 0 atom stereocenters. The second-order valence-corrected chi connectivity index (χ2v) is 4.43. The molecule has 1 aliphatic carbocycles. The van der Waals surface area contributed by atoms with Gasteiger partial charge in [0.1, 0.15) is 12.2 Å². The van der Waals surface area contributed by atoms with E-state index in [1.54, 1.807) is 0 Å². The Morgan fingerprint density at radius 1 is 1.67 bits per heavy atom. The quantitative estimate of drug-likeness (QED) is 0.823. The summed E-state index contributed by atoms with van der Waals surface area (Å²) in [6.07, 6.45) is 4.43. The van der Waals surface area contributed by atoms with Gasteiger partial charge in [-0.15, -0.1) is 0 Å². The normalized spacial score (nSPS) is 15.9. The number of hydrogen-bond acceptors (Lipinski definition) is 2. The van der Waals surface area contributed by atoms with Crippen molar-refractivity contribution in [3.8, 4) is 0 Å². The lowest BCUT2D eigenvalue weighted by atomic mass is 10.3. The average molecular weight is 208 g/mol. The molecule has 4 nitrogen and oxygen atoms in total. The van der Waals surface area contributed by atoms with E-state index in [0.29, 0.717) is 11.7 Å². The van der Waals surface area contributed by atoms with Gasteiger partial charge in [0.2, 0.25) is 0 Å². The zero-order valence-corrected chi connectivity index (χ0v) is 9.10. The molecule has 4 heteroatoms. The fraction of sp³-hybridized carbons (Fsp3) is 0.636. The first-order valence-corrected chi connectivity index (χ1v) is 5.37. The molecule has 0 aromatic carbocycles. The predicted octanol–water partition coefficient (Wildman–Crippen LogP) is 1.97. The van der Waals surface area contributed by atoms with Gasteiger partial charge >= 0.3 is 5.97 Å². The topological polar surface area (TPSA) is 55.1 Å². The summed E-state index contributed by atoms with van der Waals surface area (Å²) in [5.41, 5.74) is 1.07. The van der Waals surface area contributed by atoms with Crippen LogP contribution in [0.15, 0.2) is 6.20 Å². The number of imidazole rings is 1. The van der Waals surface area contributed by atoms with Gasteiger partial charge in [0.15, 0.2) is 0 Å². The molecule has 1 saturated carbocycles. The maximum Gasteiger partial charge on any atom is 0.311 e. The van der Waals surface area contributed by atoms with Crippen molar-refractivity contribution in [3.63, 3.8) is 0 Å². The lowest BCUT2D eigenvalue weighted by Crippen LogP contribution is -2.10. The highest BCUT2D eigenvalue weighted by Gasteiger charge is 2.27. The predicted molar refractivity (Wildman–Crippen MR) is 55.9 cm³/mol. The van der Waals surface area contributed by atoms with Crippen LogP contribution in [0.25, 0.3) is 0 Å². The Balaban J connectivity index is 2.27. The molecule has 0 unspecified atom stereocenters. The van der Waals surface area contributed by atoms with E-state index >= 15 is 0 Å². The Morgan fingerprint density at radius 3 is 2.80 bits per heavy atom. The van der Waals surface area contributed by atoms with Crippen LogP contribution < -0.4 is 0 Å². The monoisotopic (exact) mass is 208 g/mol. The fourth-order valence-corrected chi connectivity index (χ4v) is 1.74. The summed E-state index contributed by atoms with van der Waals surface area (Å²) in [5.74, 6) is 0.446. The number of carboxylic acids is 1. The number of carboxylic acid groups (broad SMARTS) is 1. The van der Waals surface area contributed by atoms with Crippen molar-refractivity contribution in [2.45, 2.75) is 45.1 Å². The van der Waals surface area contributed by atoms with Crippen LogP contribution in [0.4, 0.5) is 0 Å². The van der Waals surface area contributed by atoms with E-state index in [1.807, 2.05) is 24.6 Å². The Kier molecular flexibility index (Phi) is 2.50. The van der Waals surface area contributed by atoms with Crippen molar-refractivity contribution in [3.05, 3.63) is 17.7 Å². The van der Waals surface area contributed by atoms with E-state index in [1.165, 1.54) is 12.8 Å². The fourth-order valence-electron chi connectivity index (χ4n) is 1.74. The minimum absolute atomic E-state index is 0.0187. The molecular formula is C11H16N2O2. The molecule has 1 heterocycles. The van der Waals surface area contributed by atoms with Gasteiger partial charge in [-0.1, -0.05) is 0 Å². The maximum absolute atomic E-state index is 10.7. The van der Waals surface area contributed by atoms with Gasteiger partial charge in [0, 0.05) is 18.2 Å². The third-order valence-corrected chi connectivity index (χ3v) is 2.69. The van der Waals surface area contributed by atoms with Gasteiger partial charge in [0.25, 0.3) is 0 Å². The number of nitrogens with zero attached hydrogens (tertiary/aromatic N) is 2. The molecule has 0 aliphatic heterocycles. The summed E-state index contributed by atoms with van der Waals surface area (Å²) >= 11 is 0. The van der Waals surface area contributed by atoms with Crippen LogP contribution in [-0.2, 0) is 11.2 Å². The van der Waals surface area contributed by atoms with Gasteiger partial charge in [0.05, 0.1) is 5.69 Å². The second kappa shape index (κ2) is 3.68. The third kappa shape index (κ3) is 2.19. The number of aromatic nitrogens is 2. The van der Waals surface area contributed by atoms with Gasteiger partial charge < -0.3 is 9.67 Å². The SMILES string of the molecule is CC(C)n1cc(C2CC2)nc1CC(=O)O. The summed E-state index contributed by atoms with van der Waals surface area (Å²) in [6.45, 7) is 4.09. The molecule has 0 amide bonds. The van der Waals surface area contributed by atoms with Gasteiger partial charge in [-0.25, -0.2) is 4.98 Å². The Bertz CT molecular complexity index is 378. The Hall–Kier alpha value is -1.32. The maximum atomic E-state index is 10.7. The highest BCUT2D eigenvalue weighted by atomic mass is 16.4. The molecule has 0 saturated heterocycles. The van der Waals surface area contributed by atoms with Crippen LogP contribution in [0.2, 0.25) is 0 Å². The largest absolute Gasteiger partial charge is 0.481 e. The molecule has 0 radical (unpaired) electrons. The Morgan fingerprint density at radius 2 is 2.33 bits per heavy atom. The summed E-state index contributed by atoms with van der Waals surface area (Å²) < 4.78 is 1.97. The molecule has 1 aromatic rings. The van der Waals surface area contributed by atoms with Crippen LogP contribution in [0, 0.1) is 0 Å². The van der Waals surface area contributed by atoms with Crippen LogP contribution in [0.5, 0.6) is 0 Å². The van der Waals surface area contributed by atoms with Crippen molar-refractivity contribution in [2.75, 3.05) is 0 Å². The van der Waals surface area contributed by atoms with E-state index in [9.17, 15) is 4.79 Å². The lowest BCUT2D eigenvalue weighted by molar-refractivity contribution is -0.136. The van der Waals surface area contributed by atoms with E-state index in [0.717, 1.165) is 5.69 Å². The van der Waals surface area contributed by atoms with Gasteiger partial charge in [-0.05, 0) is 26.7 Å². The highest BCUT2D eigenvalue weighted by Crippen LogP contribution is 2.39. The molecule has 15 heavy (non-hydrogen) atoms. The smallest absolute Gasteiger partial charge is 0.311 e. The zero-order valence-electron chi connectivity index (χ0n) is 9.10. The summed E-state index contributed by atoms with van der Waals surface area (Å²) in [6, 6.07) is 0.277. The Labute approximate surface area is 88.9 Å². The molecule has 2 rings (SSSR count). The van der Waals surface area contributed by atoms with Crippen molar-refractivity contribution in [1.29, 1.82) is 0 Å². The van der Waals surface area contributed by atoms with Crippen LogP contribution >= 0.6 is 0 Å². The summed E-state index contributed by atoms with van der Waals surface area (Å²) in [5, 5.41) is 8.78. The van der Waals surface area contributed by atoms with Crippen molar-refractivity contribution >= 4 is 5.97 Å². The molecule has 1 aromatic heterocycles. The van der Waals surface area contributed by atoms with Crippen molar-refractivity contribution < 1.29 is 9.90 Å². The van der Waals surface area contributed by atoms with Crippen molar-refractivity contribution in [1.82, 2.24) is 9.55 Å². The van der Waals surface area contributed by atoms with E-state index < -0.39 is 5.97 Å². The minimum atomic E-state index is -0.815. The highest BCUT2D eigenvalue weighted by molar-refractivity contribution is 5.69. The number of aliphatic carboxylic acids is 1. The first-order valence-electron chi connectivity index (χ1n) is 5.37. The van der Waals surface area contributed by atoms with Crippen LogP contribution in [-0.4, -0.2) is 20.6 Å².